The third kappa shape index (κ3) is 63.2. The van der Waals surface area contributed by atoms with Crippen molar-refractivity contribution in [3.05, 3.63) is 0 Å². The van der Waals surface area contributed by atoms with Crippen LogP contribution in [0.2, 0.25) is 0 Å². The summed E-state index contributed by atoms with van der Waals surface area (Å²) in [6, 6.07) is 0. The summed E-state index contributed by atoms with van der Waals surface area (Å²) in [5.74, 6) is 0. The quantitative estimate of drug-likeness (QED) is 0.518. The Kier molecular flexibility index (Phi) is 74.6. The summed E-state index contributed by atoms with van der Waals surface area (Å²) >= 11 is 0. The second kappa shape index (κ2) is 21.8. The van der Waals surface area contributed by atoms with Gasteiger partial charge in [0.1, 0.15) is 0 Å². The van der Waals surface area contributed by atoms with Crippen LogP contribution >= 0.6 is 12.4 Å². The van der Waals surface area contributed by atoms with Gasteiger partial charge >= 0.3 is 0 Å². The summed E-state index contributed by atoms with van der Waals surface area (Å²) in [5.41, 5.74) is 0. The van der Waals surface area contributed by atoms with E-state index >= 15 is 0 Å². The molecule has 0 atom stereocenters. The minimum absolute atomic E-state index is 0. The van der Waals surface area contributed by atoms with E-state index in [0.717, 1.165) is 0 Å². The first kappa shape index (κ1) is 17.1. The molecule has 0 amide bonds. The monoisotopic (exact) mass is 141 g/mol. The Labute approximate surface area is 48.4 Å². The molecule has 0 saturated heterocycles. The molecule has 0 aromatic heterocycles. The van der Waals surface area contributed by atoms with Crippen molar-refractivity contribution in [2.24, 2.45) is 0 Å². The van der Waals surface area contributed by atoms with E-state index in [0.29, 0.717) is 0 Å². The normalized spacial score (nSPS) is 3.60. The summed E-state index contributed by atoms with van der Waals surface area (Å²) in [6.45, 7) is 1.93. The summed E-state index contributed by atoms with van der Waals surface area (Å²) in [5, 5.41) is 7.57. The summed E-state index contributed by atoms with van der Waals surface area (Å²) in [6.07, 6.45) is 0. The van der Waals surface area contributed by atoms with Crippen molar-refractivity contribution in [3.63, 3.8) is 0 Å². The maximum atomic E-state index is 7.57. The molecule has 0 aliphatic heterocycles. The minimum Gasteiger partial charge on any atom is -0.397 e. The fourth-order valence-electron chi connectivity index (χ4n) is 0. The molecule has 0 spiro atoms. The van der Waals surface area contributed by atoms with E-state index in [-0.39, 0.29) is 35.8 Å². The third-order valence-corrected chi connectivity index (χ3v) is 0. The van der Waals surface area contributed by atoms with E-state index < -0.39 is 0 Å². The Morgan fingerprint density at radius 3 is 1.60 bits per heavy atom. The van der Waals surface area contributed by atoms with Gasteiger partial charge < -0.3 is 5.11 Å². The second-order valence-corrected chi connectivity index (χ2v) is 0.316. The van der Waals surface area contributed by atoms with Gasteiger partial charge in [-0.2, -0.15) is 0 Å². The first-order valence-electron chi connectivity index (χ1n) is 1.02. The fraction of sp³-hybridized carbons (Fsp3) is 1.00. The standard InChI is InChI=1S/C2H6O.ClH.Co/c1-2-3;;/h3H,2H2,1H3;1H;. The zero-order valence-electron chi connectivity index (χ0n) is 2.90. The van der Waals surface area contributed by atoms with Crippen LogP contribution in [0.5, 0.6) is 0 Å². The van der Waals surface area contributed by atoms with Gasteiger partial charge in [-0.05, 0) is 6.92 Å². The Balaban J connectivity index is -0.0000000200. The molecular formula is C2H7ClCoO. The largest absolute Gasteiger partial charge is 0.397 e. The van der Waals surface area contributed by atoms with Crippen LogP contribution < -0.4 is 0 Å². The van der Waals surface area contributed by atoms with Gasteiger partial charge in [-0.1, -0.05) is 0 Å². The van der Waals surface area contributed by atoms with Crippen LogP contribution in [-0.4, -0.2) is 11.7 Å². The predicted molar refractivity (Wildman–Crippen MR) is 20.0 cm³/mol. The van der Waals surface area contributed by atoms with E-state index in [1.165, 1.54) is 0 Å². The molecule has 0 bridgehead atoms. The van der Waals surface area contributed by atoms with Crippen LogP contribution in [0, 0.1) is 0 Å². The first-order valence-corrected chi connectivity index (χ1v) is 1.02. The maximum Gasteiger partial charge on any atom is 0.0402 e. The Morgan fingerprint density at radius 2 is 1.60 bits per heavy atom. The summed E-state index contributed by atoms with van der Waals surface area (Å²) < 4.78 is 0. The molecule has 0 fully saturated rings. The van der Waals surface area contributed by atoms with Crippen LogP contribution in [0.1, 0.15) is 6.92 Å². The zero-order valence-corrected chi connectivity index (χ0v) is 4.75. The van der Waals surface area contributed by atoms with Gasteiger partial charge in [0.2, 0.25) is 0 Å². The molecule has 0 unspecified atom stereocenters. The van der Waals surface area contributed by atoms with Crippen molar-refractivity contribution >= 4 is 12.4 Å². The SMILES string of the molecule is CCO.Cl.[Co]. The fourth-order valence-corrected chi connectivity index (χ4v) is 0. The molecule has 0 heterocycles. The minimum atomic E-state index is 0. The van der Waals surface area contributed by atoms with Gasteiger partial charge in [-0.15, -0.1) is 12.4 Å². The van der Waals surface area contributed by atoms with Crippen LogP contribution in [0.25, 0.3) is 0 Å². The topological polar surface area (TPSA) is 20.2 Å². The molecule has 5 heavy (non-hydrogen) atoms. The van der Waals surface area contributed by atoms with Crippen molar-refractivity contribution in [2.75, 3.05) is 6.61 Å². The van der Waals surface area contributed by atoms with Crippen LogP contribution in [0.4, 0.5) is 0 Å². The zero-order chi connectivity index (χ0) is 2.71. The summed E-state index contributed by atoms with van der Waals surface area (Å²) in [4.78, 5) is 0. The van der Waals surface area contributed by atoms with Crippen molar-refractivity contribution in [3.8, 4) is 0 Å². The molecule has 0 rings (SSSR count). The van der Waals surface area contributed by atoms with Crippen molar-refractivity contribution in [2.45, 2.75) is 6.92 Å². The van der Waals surface area contributed by atoms with Gasteiger partial charge in [-0.25, -0.2) is 0 Å². The van der Waals surface area contributed by atoms with E-state index in [2.05, 4.69) is 0 Å². The number of rotatable bonds is 0. The van der Waals surface area contributed by atoms with E-state index in [9.17, 15) is 0 Å². The molecule has 3 heteroatoms. The van der Waals surface area contributed by atoms with Crippen molar-refractivity contribution in [1.82, 2.24) is 0 Å². The number of hydrogen-bond acceptors (Lipinski definition) is 1. The number of aliphatic hydroxyl groups is 1. The molecule has 37 valence electrons. The number of halogens is 1. The van der Waals surface area contributed by atoms with Crippen molar-refractivity contribution in [1.29, 1.82) is 0 Å². The Bertz CT molecular complexity index is 9.61. The van der Waals surface area contributed by atoms with E-state index in [1.54, 1.807) is 6.92 Å². The molecule has 1 nitrogen and oxygen atoms in total. The molecule has 0 aromatic carbocycles. The second-order valence-electron chi connectivity index (χ2n) is 0.316. The molecule has 0 aliphatic rings. The van der Waals surface area contributed by atoms with Gasteiger partial charge in [-0.3, -0.25) is 0 Å². The van der Waals surface area contributed by atoms with Gasteiger partial charge in [0.25, 0.3) is 0 Å². The van der Waals surface area contributed by atoms with Gasteiger partial charge in [0.15, 0.2) is 0 Å². The van der Waals surface area contributed by atoms with E-state index in [4.69, 9.17) is 5.11 Å². The molecule has 0 saturated carbocycles. The third-order valence-electron chi connectivity index (χ3n) is 0. The number of aliphatic hydroxyl groups excluding tert-OH is 1. The summed E-state index contributed by atoms with van der Waals surface area (Å²) in [7, 11) is 0. The molecule has 1 N–H and O–H groups in total. The average molecular weight is 141 g/mol. The Hall–Kier alpha value is 0.756. The van der Waals surface area contributed by atoms with Crippen LogP contribution in [-0.2, 0) is 16.8 Å². The Morgan fingerprint density at radius 1 is 1.60 bits per heavy atom. The van der Waals surface area contributed by atoms with Crippen LogP contribution in [0.15, 0.2) is 0 Å². The average Bonchev–Trinajstić information content (AvgIpc) is 0.918. The van der Waals surface area contributed by atoms with Crippen LogP contribution in [0.3, 0.4) is 0 Å². The van der Waals surface area contributed by atoms with Crippen molar-refractivity contribution < 1.29 is 21.9 Å². The van der Waals surface area contributed by atoms with Gasteiger partial charge in [0, 0.05) is 23.4 Å². The van der Waals surface area contributed by atoms with Gasteiger partial charge in [0.05, 0.1) is 0 Å². The molecular weight excluding hydrogens is 134 g/mol. The molecule has 0 aromatic rings. The first-order chi connectivity index (χ1) is 1.41. The smallest absolute Gasteiger partial charge is 0.0402 e. The molecule has 0 aliphatic carbocycles. The maximum absolute atomic E-state index is 7.57. The van der Waals surface area contributed by atoms with E-state index in [1.807, 2.05) is 0 Å². The number of hydrogen-bond donors (Lipinski definition) is 1. The predicted octanol–water partition coefficient (Wildman–Crippen LogP) is 0.418. The molecule has 1 radical (unpaired) electrons.